The Morgan fingerprint density at radius 3 is 2.17 bits per heavy atom. The molecule has 0 radical (unpaired) electrons. The molecule has 0 atom stereocenters. The van der Waals surface area contributed by atoms with Crippen LogP contribution in [0.5, 0.6) is 5.75 Å². The summed E-state index contributed by atoms with van der Waals surface area (Å²) >= 11 is 1.52. The molecule has 1 aliphatic heterocycles. The highest BCUT2D eigenvalue weighted by Gasteiger charge is 2.30. The molecule has 2 aromatic rings. The van der Waals surface area contributed by atoms with Crippen LogP contribution in [0, 0.1) is 13.8 Å². The molecule has 1 aromatic carbocycles. The predicted octanol–water partition coefficient (Wildman–Crippen LogP) is 2.58. The second-order valence-corrected chi connectivity index (χ2v) is 9.05. The van der Waals surface area contributed by atoms with Crippen molar-refractivity contribution in [1.29, 1.82) is 0 Å². The minimum Gasteiger partial charge on any atom is -0.508 e. The Labute approximate surface area is 140 Å². The summed E-state index contributed by atoms with van der Waals surface area (Å²) in [7, 11) is -3.41. The second-order valence-electron chi connectivity index (χ2n) is 5.69. The van der Waals surface area contributed by atoms with Crippen LogP contribution in [0.1, 0.15) is 9.75 Å². The first kappa shape index (κ1) is 16.3. The Balaban J connectivity index is 1.73. The molecule has 1 N–H and O–H groups in total. The molecule has 0 saturated carbocycles. The largest absolute Gasteiger partial charge is 0.508 e. The zero-order chi connectivity index (χ0) is 16.6. The lowest BCUT2D eigenvalue weighted by Crippen LogP contribution is -2.48. The van der Waals surface area contributed by atoms with Crippen molar-refractivity contribution in [3.8, 4) is 5.75 Å². The van der Waals surface area contributed by atoms with Gasteiger partial charge in [-0.2, -0.15) is 4.31 Å². The van der Waals surface area contributed by atoms with Crippen molar-refractivity contribution in [2.75, 3.05) is 31.1 Å². The summed E-state index contributed by atoms with van der Waals surface area (Å²) in [6.07, 6.45) is 0. The number of anilines is 1. The van der Waals surface area contributed by atoms with Gasteiger partial charge in [-0.15, -0.1) is 11.3 Å². The first-order chi connectivity index (χ1) is 10.9. The van der Waals surface area contributed by atoms with Crippen molar-refractivity contribution < 1.29 is 13.5 Å². The summed E-state index contributed by atoms with van der Waals surface area (Å²) in [5.41, 5.74) is 1.00. The zero-order valence-corrected chi connectivity index (χ0v) is 14.8. The van der Waals surface area contributed by atoms with E-state index in [4.69, 9.17) is 0 Å². The van der Waals surface area contributed by atoms with Crippen LogP contribution in [-0.2, 0) is 10.0 Å². The van der Waals surface area contributed by atoms with Crippen LogP contribution in [-0.4, -0.2) is 44.0 Å². The van der Waals surface area contributed by atoms with Crippen molar-refractivity contribution >= 4 is 27.0 Å². The van der Waals surface area contributed by atoms with E-state index in [-0.39, 0.29) is 5.75 Å². The van der Waals surface area contributed by atoms with Crippen molar-refractivity contribution in [2.45, 2.75) is 18.7 Å². The summed E-state index contributed by atoms with van der Waals surface area (Å²) in [5.74, 6) is 0.235. The van der Waals surface area contributed by atoms with Crippen LogP contribution < -0.4 is 4.90 Å². The fraction of sp³-hybridized carbons (Fsp3) is 0.375. The molecule has 1 saturated heterocycles. The predicted molar refractivity (Wildman–Crippen MR) is 92.9 cm³/mol. The summed E-state index contributed by atoms with van der Waals surface area (Å²) in [6, 6.07) is 8.77. The minimum absolute atomic E-state index is 0.235. The Hall–Kier alpha value is -1.57. The number of nitrogens with zero attached hydrogens (tertiary/aromatic N) is 2. The number of rotatable bonds is 3. The number of hydrogen-bond acceptors (Lipinski definition) is 5. The van der Waals surface area contributed by atoms with Gasteiger partial charge >= 0.3 is 0 Å². The fourth-order valence-electron chi connectivity index (χ4n) is 2.85. The molecule has 0 amide bonds. The summed E-state index contributed by atoms with van der Waals surface area (Å²) in [6.45, 7) is 6.02. The maximum absolute atomic E-state index is 12.8. The average molecular weight is 352 g/mol. The zero-order valence-electron chi connectivity index (χ0n) is 13.2. The Kier molecular flexibility index (Phi) is 4.35. The number of aromatic hydroxyl groups is 1. The molecule has 2 heterocycles. The van der Waals surface area contributed by atoms with E-state index in [1.165, 1.54) is 11.3 Å². The standard InChI is InChI=1S/C16H20N2O3S2/c1-12-11-16(13(2)22-12)23(20,21)18-9-7-17(8-10-18)14-3-5-15(19)6-4-14/h3-6,11,19H,7-10H2,1-2H3. The highest BCUT2D eigenvalue weighted by molar-refractivity contribution is 7.89. The normalized spacial score (nSPS) is 16.7. The van der Waals surface area contributed by atoms with Crippen LogP contribution >= 0.6 is 11.3 Å². The number of benzene rings is 1. The lowest BCUT2D eigenvalue weighted by Gasteiger charge is -2.35. The van der Waals surface area contributed by atoms with Crippen molar-refractivity contribution in [3.63, 3.8) is 0 Å². The number of thiophene rings is 1. The van der Waals surface area contributed by atoms with Gasteiger partial charge in [0.2, 0.25) is 10.0 Å². The smallest absolute Gasteiger partial charge is 0.244 e. The van der Waals surface area contributed by atoms with Gasteiger partial charge in [0.15, 0.2) is 0 Å². The molecule has 0 unspecified atom stereocenters. The van der Waals surface area contributed by atoms with Crippen LogP contribution in [0.3, 0.4) is 0 Å². The molecule has 0 aliphatic carbocycles. The molecule has 1 aliphatic rings. The number of phenols is 1. The van der Waals surface area contributed by atoms with Crippen molar-refractivity contribution in [2.24, 2.45) is 0 Å². The van der Waals surface area contributed by atoms with Crippen LogP contribution in [0.2, 0.25) is 0 Å². The highest BCUT2D eigenvalue weighted by atomic mass is 32.2. The maximum atomic E-state index is 12.8. The third kappa shape index (κ3) is 3.22. The van der Waals surface area contributed by atoms with Gasteiger partial charge < -0.3 is 10.0 Å². The lowest BCUT2D eigenvalue weighted by atomic mass is 10.2. The summed E-state index contributed by atoms with van der Waals surface area (Å²) < 4.78 is 27.1. The minimum atomic E-state index is -3.41. The highest BCUT2D eigenvalue weighted by Crippen LogP contribution is 2.29. The van der Waals surface area contributed by atoms with E-state index in [2.05, 4.69) is 4.90 Å². The molecule has 1 aromatic heterocycles. The molecule has 0 bridgehead atoms. The third-order valence-electron chi connectivity index (χ3n) is 4.07. The maximum Gasteiger partial charge on any atom is 0.244 e. The van der Waals surface area contributed by atoms with Gasteiger partial charge in [0.05, 0.1) is 4.90 Å². The summed E-state index contributed by atoms with van der Waals surface area (Å²) in [4.78, 5) is 4.45. The van der Waals surface area contributed by atoms with Gasteiger partial charge in [-0.1, -0.05) is 0 Å². The molecule has 124 valence electrons. The van der Waals surface area contributed by atoms with Gasteiger partial charge in [0.1, 0.15) is 5.75 Å². The SMILES string of the molecule is Cc1cc(S(=O)(=O)N2CCN(c3ccc(O)cc3)CC2)c(C)s1. The number of hydrogen-bond donors (Lipinski definition) is 1. The lowest BCUT2D eigenvalue weighted by molar-refractivity contribution is 0.385. The van der Waals surface area contributed by atoms with E-state index in [1.54, 1.807) is 22.5 Å². The Morgan fingerprint density at radius 2 is 1.65 bits per heavy atom. The molecular formula is C16H20N2O3S2. The average Bonchev–Trinajstić information content (AvgIpc) is 2.87. The van der Waals surface area contributed by atoms with Crippen LogP contribution in [0.25, 0.3) is 0 Å². The first-order valence-corrected chi connectivity index (χ1v) is 9.75. The van der Waals surface area contributed by atoms with E-state index >= 15 is 0 Å². The molecular weight excluding hydrogens is 332 g/mol. The fourth-order valence-corrected chi connectivity index (χ4v) is 5.80. The van der Waals surface area contributed by atoms with Gasteiger partial charge in [-0.25, -0.2) is 8.42 Å². The Bertz CT molecular complexity index is 789. The van der Waals surface area contributed by atoms with Gasteiger partial charge in [-0.3, -0.25) is 0 Å². The molecule has 23 heavy (non-hydrogen) atoms. The Morgan fingerprint density at radius 1 is 1.04 bits per heavy atom. The number of sulfonamides is 1. The van der Waals surface area contributed by atoms with E-state index in [0.29, 0.717) is 31.1 Å². The topological polar surface area (TPSA) is 60.9 Å². The van der Waals surface area contributed by atoms with Crippen LogP contribution in [0.4, 0.5) is 5.69 Å². The van der Waals surface area contributed by atoms with E-state index in [9.17, 15) is 13.5 Å². The monoisotopic (exact) mass is 352 g/mol. The summed E-state index contributed by atoms with van der Waals surface area (Å²) in [5, 5.41) is 9.35. The molecule has 1 fully saturated rings. The quantitative estimate of drug-likeness (QED) is 0.922. The van der Waals surface area contributed by atoms with Crippen molar-refractivity contribution in [3.05, 3.63) is 40.1 Å². The number of aryl methyl sites for hydroxylation is 2. The second kappa shape index (κ2) is 6.14. The molecule has 7 heteroatoms. The van der Waals surface area contributed by atoms with Crippen molar-refractivity contribution in [1.82, 2.24) is 4.31 Å². The van der Waals surface area contributed by atoms with Gasteiger partial charge in [-0.05, 0) is 44.2 Å². The van der Waals surface area contributed by atoms with E-state index < -0.39 is 10.0 Å². The van der Waals surface area contributed by atoms with E-state index in [1.807, 2.05) is 26.0 Å². The van der Waals surface area contributed by atoms with Gasteiger partial charge in [0, 0.05) is 41.6 Å². The molecule has 0 spiro atoms. The number of piperazine rings is 1. The van der Waals surface area contributed by atoms with Crippen LogP contribution in [0.15, 0.2) is 35.2 Å². The molecule has 3 rings (SSSR count). The van der Waals surface area contributed by atoms with Gasteiger partial charge in [0.25, 0.3) is 0 Å². The third-order valence-corrected chi connectivity index (χ3v) is 7.19. The number of phenolic OH excluding ortho intramolecular Hbond substituents is 1. The first-order valence-electron chi connectivity index (χ1n) is 7.49. The molecule has 5 nitrogen and oxygen atoms in total. The van der Waals surface area contributed by atoms with E-state index in [0.717, 1.165) is 15.4 Å².